The monoisotopic (exact) mass is 513 g/mol. The van der Waals surface area contributed by atoms with Gasteiger partial charge < -0.3 is 20.0 Å². The van der Waals surface area contributed by atoms with Crippen LogP contribution in [0.25, 0.3) is 0 Å². The fraction of sp³-hybridized carbons (Fsp3) is 0.138. The first-order valence-electron chi connectivity index (χ1n) is 11.8. The topological polar surface area (TPSA) is 95.2 Å². The molecule has 0 amide bonds. The Kier molecular flexibility index (Phi) is 7.05. The summed E-state index contributed by atoms with van der Waals surface area (Å²) in [6, 6.07) is 24.9. The number of rotatable bonds is 9. The van der Waals surface area contributed by atoms with Gasteiger partial charge in [-0.1, -0.05) is 35.0 Å². The molecular weight excluding hydrogens is 490 g/mol. The zero-order valence-corrected chi connectivity index (χ0v) is 20.5. The fourth-order valence-corrected chi connectivity index (χ4v) is 4.16. The second kappa shape index (κ2) is 10.7. The number of hydrogen-bond acceptors (Lipinski definition) is 6. The third-order valence-corrected chi connectivity index (χ3v) is 6.38. The summed E-state index contributed by atoms with van der Waals surface area (Å²) in [4.78, 5) is 18.7. The Hall–Kier alpha value is -4.36. The molecule has 1 fully saturated rings. The van der Waals surface area contributed by atoms with E-state index < -0.39 is 5.97 Å². The predicted molar refractivity (Wildman–Crippen MR) is 143 cm³/mol. The van der Waals surface area contributed by atoms with E-state index in [0.717, 1.165) is 17.9 Å². The van der Waals surface area contributed by atoms with Gasteiger partial charge in [0.05, 0.1) is 17.6 Å². The van der Waals surface area contributed by atoms with Crippen molar-refractivity contribution in [3.05, 3.63) is 113 Å². The lowest BCUT2D eigenvalue weighted by molar-refractivity contribution is 0.0694. The molecule has 5 rings (SSSR count). The normalized spacial score (nSPS) is 13.3. The number of para-hydroxylation sites is 1. The molecule has 2 N–H and O–H groups in total. The van der Waals surface area contributed by atoms with Crippen LogP contribution in [0.3, 0.4) is 0 Å². The van der Waals surface area contributed by atoms with Crippen LogP contribution >= 0.6 is 11.6 Å². The van der Waals surface area contributed by atoms with E-state index in [4.69, 9.17) is 16.3 Å². The lowest BCUT2D eigenvalue weighted by Crippen LogP contribution is -2.20. The number of nitrogens with zero attached hydrogens (tertiary/aromatic N) is 3. The molecule has 0 spiro atoms. The van der Waals surface area contributed by atoms with Crippen molar-refractivity contribution in [3.63, 3.8) is 0 Å². The summed E-state index contributed by atoms with van der Waals surface area (Å²) in [6.45, 7) is 0.869. The van der Waals surface area contributed by atoms with Crippen LogP contribution in [0.15, 0.2) is 96.3 Å². The standard InChI is InChI=1S/C29H24ClN3O4/c30-21-9-11-22(12-10-21)33(18-19-6-7-19)23-13-14-26(31-17-23)28(32-36)20-8-15-27(25(16-20)29(34)35)37-24-4-2-1-3-5-24/h1-5,8-17,19,36H,6-7,18H2,(H,34,35)/b32-28-. The van der Waals surface area contributed by atoms with Crippen molar-refractivity contribution in [1.82, 2.24) is 4.98 Å². The van der Waals surface area contributed by atoms with Crippen molar-refractivity contribution in [3.8, 4) is 11.5 Å². The molecular formula is C29H24ClN3O4. The van der Waals surface area contributed by atoms with Crippen LogP contribution in [0, 0.1) is 5.92 Å². The molecule has 1 aromatic heterocycles. The Balaban J connectivity index is 1.42. The van der Waals surface area contributed by atoms with E-state index in [1.807, 2.05) is 36.4 Å². The van der Waals surface area contributed by atoms with Gasteiger partial charge in [-0.05, 0) is 85.5 Å². The van der Waals surface area contributed by atoms with Gasteiger partial charge in [-0.2, -0.15) is 0 Å². The van der Waals surface area contributed by atoms with Gasteiger partial charge in [0, 0.05) is 22.8 Å². The first-order valence-corrected chi connectivity index (χ1v) is 12.2. The smallest absolute Gasteiger partial charge is 0.339 e. The highest BCUT2D eigenvalue weighted by atomic mass is 35.5. The minimum Gasteiger partial charge on any atom is -0.478 e. The Morgan fingerprint density at radius 3 is 2.35 bits per heavy atom. The minimum atomic E-state index is -1.16. The molecule has 8 heteroatoms. The first-order chi connectivity index (χ1) is 18.0. The van der Waals surface area contributed by atoms with E-state index in [1.165, 1.54) is 18.9 Å². The number of anilines is 2. The molecule has 186 valence electrons. The number of hydrogen-bond donors (Lipinski definition) is 2. The van der Waals surface area contributed by atoms with Gasteiger partial charge in [-0.25, -0.2) is 4.79 Å². The first kappa shape index (κ1) is 24.3. The Morgan fingerprint density at radius 2 is 1.73 bits per heavy atom. The van der Waals surface area contributed by atoms with Crippen LogP contribution in [0.1, 0.15) is 34.5 Å². The van der Waals surface area contributed by atoms with E-state index >= 15 is 0 Å². The van der Waals surface area contributed by atoms with Crippen LogP contribution < -0.4 is 9.64 Å². The molecule has 37 heavy (non-hydrogen) atoms. The van der Waals surface area contributed by atoms with Crippen LogP contribution in [-0.4, -0.2) is 33.5 Å². The zero-order chi connectivity index (χ0) is 25.8. The van der Waals surface area contributed by atoms with Crippen molar-refractivity contribution in [2.75, 3.05) is 11.4 Å². The Labute approximate surface area is 219 Å². The molecule has 7 nitrogen and oxygen atoms in total. The Morgan fingerprint density at radius 1 is 1.00 bits per heavy atom. The predicted octanol–water partition coefficient (Wildman–Crippen LogP) is 7.00. The summed E-state index contributed by atoms with van der Waals surface area (Å²) >= 11 is 6.08. The van der Waals surface area contributed by atoms with Crippen LogP contribution in [-0.2, 0) is 0 Å². The van der Waals surface area contributed by atoms with Gasteiger partial charge in [-0.15, -0.1) is 0 Å². The molecule has 3 aromatic carbocycles. The number of aromatic carboxylic acids is 1. The highest BCUT2D eigenvalue weighted by Crippen LogP contribution is 2.35. The van der Waals surface area contributed by atoms with Crippen molar-refractivity contribution < 1.29 is 19.8 Å². The van der Waals surface area contributed by atoms with Crippen LogP contribution in [0.2, 0.25) is 5.02 Å². The van der Waals surface area contributed by atoms with Crippen molar-refractivity contribution in [2.45, 2.75) is 12.8 Å². The summed E-state index contributed by atoms with van der Waals surface area (Å²) in [6.07, 6.45) is 4.13. The molecule has 1 saturated carbocycles. The molecule has 1 heterocycles. The second-order valence-electron chi connectivity index (χ2n) is 8.81. The number of pyridine rings is 1. The summed E-state index contributed by atoms with van der Waals surface area (Å²) in [5, 5.41) is 23.7. The molecule has 0 radical (unpaired) electrons. The molecule has 1 aliphatic carbocycles. The van der Waals surface area contributed by atoms with E-state index in [-0.39, 0.29) is 17.0 Å². The number of carboxylic acid groups (broad SMARTS) is 1. The van der Waals surface area contributed by atoms with Crippen molar-refractivity contribution >= 4 is 34.7 Å². The SMILES string of the molecule is O=C(O)c1cc(/C(=N/O)c2ccc(N(CC3CC3)c3ccc(Cl)cc3)cn2)ccc1Oc1ccccc1. The summed E-state index contributed by atoms with van der Waals surface area (Å²) in [5.41, 5.74) is 2.81. The quantitative estimate of drug-likeness (QED) is 0.142. The number of benzene rings is 3. The average molecular weight is 514 g/mol. The molecule has 0 unspecified atom stereocenters. The lowest BCUT2D eigenvalue weighted by Gasteiger charge is -2.25. The molecule has 0 atom stereocenters. The number of oxime groups is 1. The number of halogens is 1. The van der Waals surface area contributed by atoms with Crippen LogP contribution in [0.4, 0.5) is 11.4 Å². The third kappa shape index (κ3) is 5.73. The van der Waals surface area contributed by atoms with Crippen molar-refractivity contribution in [2.24, 2.45) is 11.1 Å². The third-order valence-electron chi connectivity index (χ3n) is 6.13. The minimum absolute atomic E-state index is 0.0579. The van der Waals surface area contributed by atoms with E-state index in [1.54, 1.807) is 48.7 Å². The molecule has 0 bridgehead atoms. The maximum Gasteiger partial charge on any atom is 0.339 e. The summed E-state index contributed by atoms with van der Waals surface area (Å²) in [5.74, 6) is 0.173. The van der Waals surface area contributed by atoms with E-state index in [0.29, 0.717) is 27.9 Å². The van der Waals surface area contributed by atoms with Gasteiger partial charge in [0.2, 0.25) is 0 Å². The van der Waals surface area contributed by atoms with Crippen molar-refractivity contribution in [1.29, 1.82) is 0 Å². The number of aromatic nitrogens is 1. The molecule has 0 aliphatic heterocycles. The maximum absolute atomic E-state index is 12.0. The highest BCUT2D eigenvalue weighted by Gasteiger charge is 2.26. The molecule has 4 aromatic rings. The average Bonchev–Trinajstić information content (AvgIpc) is 3.74. The van der Waals surface area contributed by atoms with Gasteiger partial charge in [0.25, 0.3) is 0 Å². The van der Waals surface area contributed by atoms with E-state index in [2.05, 4.69) is 15.0 Å². The number of carbonyl (C=O) groups is 1. The van der Waals surface area contributed by atoms with Crippen LogP contribution in [0.5, 0.6) is 11.5 Å². The largest absolute Gasteiger partial charge is 0.478 e. The highest BCUT2D eigenvalue weighted by molar-refractivity contribution is 6.30. The summed E-state index contributed by atoms with van der Waals surface area (Å²) in [7, 11) is 0. The number of ether oxygens (including phenoxy) is 1. The van der Waals surface area contributed by atoms with E-state index in [9.17, 15) is 15.1 Å². The fourth-order valence-electron chi connectivity index (χ4n) is 4.03. The van der Waals surface area contributed by atoms with Gasteiger partial charge >= 0.3 is 5.97 Å². The lowest BCUT2D eigenvalue weighted by atomic mass is 10.0. The molecule has 0 saturated heterocycles. The maximum atomic E-state index is 12.0. The van der Waals surface area contributed by atoms with Gasteiger partial charge in [0.15, 0.2) is 0 Å². The van der Waals surface area contributed by atoms with Gasteiger partial charge in [-0.3, -0.25) is 4.98 Å². The summed E-state index contributed by atoms with van der Waals surface area (Å²) < 4.78 is 5.76. The second-order valence-corrected chi connectivity index (χ2v) is 9.25. The van der Waals surface area contributed by atoms with Gasteiger partial charge in [0.1, 0.15) is 22.8 Å². The molecule has 1 aliphatic rings. The Bertz CT molecular complexity index is 1420. The number of carboxylic acids is 1. The zero-order valence-electron chi connectivity index (χ0n) is 19.8.